The highest BCUT2D eigenvalue weighted by Gasteiger charge is 2.25. The van der Waals surface area contributed by atoms with Gasteiger partial charge >= 0.3 is 5.63 Å². The first-order chi connectivity index (χ1) is 16.1. The van der Waals surface area contributed by atoms with Gasteiger partial charge in [-0.2, -0.15) is 0 Å². The topological polar surface area (TPSA) is 61.1 Å². The molecule has 2 aliphatic rings. The Morgan fingerprint density at radius 1 is 0.909 bits per heavy atom. The standard InChI is InChI=1S/C27H23NO5/c1-16-21-11-19-13-28(20-8-9-23-24(12-20)32-15-31-23)14-30-25(19)17(2)26(21)33-27(29)22(16)10-18-6-4-3-5-7-18/h3-9,11-12H,10,13-15H2,1-2H3. The van der Waals surface area contributed by atoms with Gasteiger partial charge in [0.05, 0.1) is 0 Å². The van der Waals surface area contributed by atoms with Crippen molar-refractivity contribution in [3.63, 3.8) is 0 Å². The molecular weight excluding hydrogens is 418 g/mol. The summed E-state index contributed by atoms with van der Waals surface area (Å²) < 4.78 is 22.9. The van der Waals surface area contributed by atoms with E-state index in [2.05, 4.69) is 11.0 Å². The third-order valence-corrected chi connectivity index (χ3v) is 6.50. The molecule has 0 atom stereocenters. The summed E-state index contributed by atoms with van der Waals surface area (Å²) in [4.78, 5) is 15.0. The summed E-state index contributed by atoms with van der Waals surface area (Å²) in [6.45, 7) is 5.28. The van der Waals surface area contributed by atoms with Crippen LogP contribution < -0.4 is 24.7 Å². The highest BCUT2D eigenvalue weighted by atomic mass is 16.7. The number of hydrogen-bond donors (Lipinski definition) is 0. The van der Waals surface area contributed by atoms with E-state index in [9.17, 15) is 4.79 Å². The summed E-state index contributed by atoms with van der Waals surface area (Å²) in [6, 6.07) is 18.0. The largest absolute Gasteiger partial charge is 0.472 e. The van der Waals surface area contributed by atoms with E-state index >= 15 is 0 Å². The predicted molar refractivity (Wildman–Crippen MR) is 125 cm³/mol. The van der Waals surface area contributed by atoms with Crippen molar-refractivity contribution in [3.8, 4) is 17.2 Å². The van der Waals surface area contributed by atoms with Crippen LogP contribution in [0.4, 0.5) is 5.69 Å². The number of benzene rings is 3. The lowest BCUT2D eigenvalue weighted by molar-refractivity contribution is 0.174. The average Bonchev–Trinajstić information content (AvgIpc) is 3.31. The molecule has 0 saturated heterocycles. The zero-order chi connectivity index (χ0) is 22.5. The van der Waals surface area contributed by atoms with Crippen molar-refractivity contribution >= 4 is 16.7 Å². The number of nitrogens with zero attached hydrogens (tertiary/aromatic N) is 1. The smallest absolute Gasteiger partial charge is 0.340 e. The lowest BCUT2D eigenvalue weighted by atomic mass is 9.96. The van der Waals surface area contributed by atoms with E-state index in [1.54, 1.807) is 0 Å². The SMILES string of the molecule is Cc1c(Cc2ccccc2)c(=O)oc2c(C)c3c(cc12)CN(c1ccc2c(c1)OCO2)CO3. The molecule has 6 heteroatoms. The van der Waals surface area contributed by atoms with Crippen LogP contribution in [0.1, 0.15) is 27.8 Å². The first-order valence-corrected chi connectivity index (χ1v) is 11.0. The molecule has 6 nitrogen and oxygen atoms in total. The minimum absolute atomic E-state index is 0.249. The molecule has 0 saturated carbocycles. The van der Waals surface area contributed by atoms with Crippen molar-refractivity contribution in [1.82, 2.24) is 0 Å². The van der Waals surface area contributed by atoms with Crippen molar-refractivity contribution in [2.75, 3.05) is 18.4 Å². The van der Waals surface area contributed by atoms with Crippen molar-refractivity contribution in [1.29, 1.82) is 0 Å². The Balaban J connectivity index is 1.41. The number of rotatable bonds is 3. The summed E-state index contributed by atoms with van der Waals surface area (Å²) in [5, 5.41) is 0.952. The number of hydrogen-bond acceptors (Lipinski definition) is 6. The molecule has 0 aliphatic carbocycles. The quantitative estimate of drug-likeness (QED) is 0.413. The van der Waals surface area contributed by atoms with E-state index in [-0.39, 0.29) is 12.4 Å². The molecule has 0 fully saturated rings. The Labute approximate surface area is 190 Å². The third-order valence-electron chi connectivity index (χ3n) is 6.50. The fourth-order valence-corrected chi connectivity index (χ4v) is 4.70. The Bertz CT molecular complexity index is 1440. The van der Waals surface area contributed by atoms with Gasteiger partial charge < -0.3 is 23.5 Å². The molecule has 3 heterocycles. The number of anilines is 1. The van der Waals surface area contributed by atoms with Crippen LogP contribution >= 0.6 is 0 Å². The summed E-state index contributed by atoms with van der Waals surface area (Å²) in [7, 11) is 0. The van der Waals surface area contributed by atoms with Crippen molar-refractivity contribution in [3.05, 3.63) is 92.8 Å². The van der Waals surface area contributed by atoms with Gasteiger partial charge in [-0.25, -0.2) is 4.79 Å². The van der Waals surface area contributed by atoms with Gasteiger partial charge in [-0.15, -0.1) is 0 Å². The Hall–Kier alpha value is -3.93. The average molecular weight is 441 g/mol. The maximum Gasteiger partial charge on any atom is 0.340 e. The van der Waals surface area contributed by atoms with Crippen LogP contribution in [0.15, 0.2) is 63.8 Å². The minimum Gasteiger partial charge on any atom is -0.472 e. The van der Waals surface area contributed by atoms with Gasteiger partial charge in [0.15, 0.2) is 18.2 Å². The van der Waals surface area contributed by atoms with E-state index in [1.807, 2.05) is 62.4 Å². The molecule has 0 radical (unpaired) electrons. The molecule has 33 heavy (non-hydrogen) atoms. The summed E-state index contributed by atoms with van der Waals surface area (Å²) in [5.74, 6) is 2.30. The maximum atomic E-state index is 12.9. The molecule has 3 aromatic carbocycles. The van der Waals surface area contributed by atoms with Crippen LogP contribution in [-0.4, -0.2) is 13.5 Å². The molecule has 0 unspecified atom stereocenters. The van der Waals surface area contributed by atoms with Crippen molar-refractivity contribution in [2.24, 2.45) is 0 Å². The zero-order valence-corrected chi connectivity index (χ0v) is 18.5. The molecule has 1 aromatic heterocycles. The molecule has 0 spiro atoms. The van der Waals surface area contributed by atoms with Gasteiger partial charge in [-0.05, 0) is 43.2 Å². The number of ether oxygens (including phenoxy) is 3. The second-order valence-corrected chi connectivity index (χ2v) is 8.53. The first kappa shape index (κ1) is 19.7. The van der Waals surface area contributed by atoms with Gasteiger partial charge in [0, 0.05) is 46.8 Å². The van der Waals surface area contributed by atoms with Crippen molar-refractivity contribution < 1.29 is 18.6 Å². The van der Waals surface area contributed by atoms with Crippen LogP contribution in [0.3, 0.4) is 0 Å². The highest BCUT2D eigenvalue weighted by molar-refractivity contribution is 5.87. The zero-order valence-electron chi connectivity index (χ0n) is 18.5. The Kier molecular flexibility index (Phi) is 4.54. The fourth-order valence-electron chi connectivity index (χ4n) is 4.70. The molecule has 0 amide bonds. The van der Waals surface area contributed by atoms with Crippen LogP contribution in [0, 0.1) is 13.8 Å². The maximum absolute atomic E-state index is 12.9. The highest BCUT2D eigenvalue weighted by Crippen LogP contribution is 2.40. The second-order valence-electron chi connectivity index (χ2n) is 8.53. The summed E-state index contributed by atoms with van der Waals surface area (Å²) in [6.07, 6.45) is 0.543. The third kappa shape index (κ3) is 3.30. The molecule has 2 aliphatic heterocycles. The van der Waals surface area contributed by atoms with Gasteiger partial charge in [-0.1, -0.05) is 30.3 Å². The summed E-state index contributed by atoms with van der Waals surface area (Å²) >= 11 is 0. The Morgan fingerprint density at radius 2 is 1.73 bits per heavy atom. The molecule has 0 bridgehead atoms. The second kappa shape index (κ2) is 7.59. The van der Waals surface area contributed by atoms with Gasteiger partial charge in [0.1, 0.15) is 11.3 Å². The van der Waals surface area contributed by atoms with Crippen LogP contribution in [0.2, 0.25) is 0 Å². The first-order valence-electron chi connectivity index (χ1n) is 11.0. The van der Waals surface area contributed by atoms with E-state index < -0.39 is 0 Å². The lowest BCUT2D eigenvalue weighted by Crippen LogP contribution is -2.32. The van der Waals surface area contributed by atoms with E-state index in [0.29, 0.717) is 30.8 Å². The van der Waals surface area contributed by atoms with E-state index in [1.165, 1.54) is 0 Å². The normalized spacial score (nSPS) is 14.3. The number of fused-ring (bicyclic) bond motifs is 3. The molecule has 6 rings (SSSR count). The Morgan fingerprint density at radius 3 is 2.58 bits per heavy atom. The molecule has 0 N–H and O–H groups in total. The monoisotopic (exact) mass is 441 g/mol. The lowest BCUT2D eigenvalue weighted by Gasteiger charge is -2.32. The van der Waals surface area contributed by atoms with Gasteiger partial charge in [0.2, 0.25) is 6.79 Å². The van der Waals surface area contributed by atoms with Crippen LogP contribution in [0.5, 0.6) is 17.2 Å². The number of aryl methyl sites for hydroxylation is 2. The minimum atomic E-state index is -0.287. The van der Waals surface area contributed by atoms with Gasteiger partial charge in [0.25, 0.3) is 0 Å². The van der Waals surface area contributed by atoms with E-state index in [0.717, 1.165) is 50.6 Å². The van der Waals surface area contributed by atoms with Gasteiger partial charge in [-0.3, -0.25) is 0 Å². The van der Waals surface area contributed by atoms with Crippen molar-refractivity contribution in [2.45, 2.75) is 26.8 Å². The van der Waals surface area contributed by atoms with E-state index in [4.69, 9.17) is 18.6 Å². The molecule has 166 valence electrons. The molecule has 4 aromatic rings. The predicted octanol–water partition coefficient (Wildman–Crippen LogP) is 5.09. The van der Waals surface area contributed by atoms with Crippen LogP contribution in [-0.2, 0) is 13.0 Å². The van der Waals surface area contributed by atoms with Crippen LogP contribution in [0.25, 0.3) is 11.0 Å². The summed E-state index contributed by atoms with van der Waals surface area (Å²) in [5.41, 5.74) is 5.97. The fraction of sp³-hybridized carbons (Fsp3) is 0.222. The molecular formula is C27H23NO5.